The zero-order valence-corrected chi connectivity index (χ0v) is 11.4. The summed E-state index contributed by atoms with van der Waals surface area (Å²) in [5, 5.41) is 12.8. The van der Waals surface area contributed by atoms with E-state index in [4.69, 9.17) is 23.2 Å². The van der Waals surface area contributed by atoms with Crippen LogP contribution < -0.4 is 5.32 Å². The van der Waals surface area contributed by atoms with Crippen molar-refractivity contribution in [1.29, 1.82) is 0 Å². The fourth-order valence-electron chi connectivity index (χ4n) is 1.67. The van der Waals surface area contributed by atoms with Crippen LogP contribution in [0.4, 0.5) is 10.1 Å². The lowest BCUT2D eigenvalue weighted by Gasteiger charge is -2.13. The number of rotatable bonds is 4. The molecule has 1 atom stereocenters. The summed E-state index contributed by atoms with van der Waals surface area (Å²) in [5.74, 6) is -0.641. The van der Waals surface area contributed by atoms with E-state index in [9.17, 15) is 9.50 Å². The van der Waals surface area contributed by atoms with Crippen LogP contribution in [0.1, 0.15) is 11.7 Å². The lowest BCUT2D eigenvalue weighted by atomic mass is 10.1. The summed E-state index contributed by atoms with van der Waals surface area (Å²) in [4.78, 5) is 0. The van der Waals surface area contributed by atoms with E-state index in [1.54, 1.807) is 0 Å². The molecule has 0 aromatic heterocycles. The third kappa shape index (κ3) is 3.60. The first-order chi connectivity index (χ1) is 9.08. The van der Waals surface area contributed by atoms with Crippen molar-refractivity contribution in [2.45, 2.75) is 6.10 Å². The topological polar surface area (TPSA) is 32.3 Å². The first-order valence-electron chi connectivity index (χ1n) is 5.69. The minimum absolute atomic E-state index is 0.0517. The maximum Gasteiger partial charge on any atom is 0.160 e. The average Bonchev–Trinajstić information content (AvgIpc) is 2.43. The van der Waals surface area contributed by atoms with Crippen LogP contribution in [-0.4, -0.2) is 11.7 Å². The summed E-state index contributed by atoms with van der Waals surface area (Å²) in [6, 6.07) is 12.1. The normalized spacial score (nSPS) is 12.2. The predicted octanol–water partition coefficient (Wildman–Crippen LogP) is 4.28. The third-order valence-electron chi connectivity index (χ3n) is 2.67. The molecule has 2 aromatic carbocycles. The van der Waals surface area contributed by atoms with Gasteiger partial charge in [0.2, 0.25) is 0 Å². The molecular weight excluding hydrogens is 288 g/mol. The van der Waals surface area contributed by atoms with E-state index >= 15 is 0 Å². The second-order valence-corrected chi connectivity index (χ2v) is 4.88. The van der Waals surface area contributed by atoms with Crippen LogP contribution in [0.5, 0.6) is 0 Å². The molecule has 0 fully saturated rings. The highest BCUT2D eigenvalue weighted by Gasteiger charge is 2.10. The highest BCUT2D eigenvalue weighted by Crippen LogP contribution is 2.27. The lowest BCUT2D eigenvalue weighted by molar-refractivity contribution is 0.191. The second kappa shape index (κ2) is 6.24. The number of hydrogen-bond donors (Lipinski definition) is 2. The van der Waals surface area contributed by atoms with Gasteiger partial charge in [-0.25, -0.2) is 4.39 Å². The maximum absolute atomic E-state index is 13.2. The fourth-order valence-corrected chi connectivity index (χ4v) is 2.15. The van der Waals surface area contributed by atoms with Crippen LogP contribution in [0.3, 0.4) is 0 Å². The van der Waals surface area contributed by atoms with Crippen molar-refractivity contribution in [3.63, 3.8) is 0 Å². The largest absolute Gasteiger partial charge is 0.387 e. The summed E-state index contributed by atoms with van der Waals surface area (Å²) in [7, 11) is 0. The number of aliphatic hydroxyl groups is 1. The molecule has 0 spiro atoms. The smallest absolute Gasteiger partial charge is 0.160 e. The van der Waals surface area contributed by atoms with E-state index in [1.165, 1.54) is 12.1 Å². The summed E-state index contributed by atoms with van der Waals surface area (Å²) in [6.07, 6.45) is -0.663. The molecule has 0 bridgehead atoms. The Labute approximate surface area is 120 Å². The fraction of sp³-hybridized carbons (Fsp3) is 0.143. The van der Waals surface area contributed by atoms with Gasteiger partial charge in [-0.2, -0.15) is 0 Å². The van der Waals surface area contributed by atoms with Gasteiger partial charge < -0.3 is 10.4 Å². The molecule has 2 aromatic rings. The molecule has 2 N–H and O–H groups in total. The molecule has 1 unspecified atom stereocenters. The van der Waals surface area contributed by atoms with Crippen LogP contribution in [0, 0.1) is 5.82 Å². The van der Waals surface area contributed by atoms with Crippen molar-refractivity contribution < 1.29 is 9.50 Å². The average molecular weight is 300 g/mol. The summed E-state index contributed by atoms with van der Waals surface area (Å²) >= 11 is 11.4. The van der Waals surface area contributed by atoms with E-state index in [0.29, 0.717) is 5.69 Å². The zero-order valence-electron chi connectivity index (χ0n) is 9.91. The molecule has 0 saturated heterocycles. The molecule has 0 aliphatic carbocycles. The van der Waals surface area contributed by atoms with Gasteiger partial charge >= 0.3 is 0 Å². The van der Waals surface area contributed by atoms with Gasteiger partial charge in [-0.15, -0.1) is 0 Å². The van der Waals surface area contributed by atoms with E-state index in [-0.39, 0.29) is 16.6 Å². The predicted molar refractivity (Wildman–Crippen MR) is 76.3 cm³/mol. The van der Waals surface area contributed by atoms with Crippen molar-refractivity contribution in [3.8, 4) is 0 Å². The molecule has 5 heteroatoms. The van der Waals surface area contributed by atoms with Crippen molar-refractivity contribution in [1.82, 2.24) is 0 Å². The standard InChI is InChI=1S/C14H12Cl2FNO/c15-11-6-10(7-12(16)14(11)17)18-8-13(19)9-4-2-1-3-5-9/h1-7,13,18-19H,8H2. The van der Waals surface area contributed by atoms with Gasteiger partial charge in [-0.3, -0.25) is 0 Å². The number of halogens is 3. The molecular formula is C14H12Cl2FNO. The zero-order chi connectivity index (χ0) is 13.8. The molecule has 19 heavy (non-hydrogen) atoms. The monoisotopic (exact) mass is 299 g/mol. The van der Waals surface area contributed by atoms with Crippen LogP contribution in [-0.2, 0) is 0 Å². The van der Waals surface area contributed by atoms with Crippen molar-refractivity contribution in [3.05, 3.63) is 63.9 Å². The second-order valence-electron chi connectivity index (χ2n) is 4.06. The van der Waals surface area contributed by atoms with E-state index in [0.717, 1.165) is 5.56 Å². The Bertz CT molecular complexity index is 540. The number of nitrogens with one attached hydrogen (secondary N) is 1. The Kier molecular flexibility index (Phi) is 4.64. The van der Waals surface area contributed by atoms with Gasteiger partial charge in [0.1, 0.15) is 0 Å². The maximum atomic E-state index is 13.2. The molecule has 2 rings (SSSR count). The first-order valence-corrected chi connectivity index (χ1v) is 6.45. The highest BCUT2D eigenvalue weighted by atomic mass is 35.5. The van der Waals surface area contributed by atoms with Crippen LogP contribution in [0.15, 0.2) is 42.5 Å². The van der Waals surface area contributed by atoms with Gasteiger partial charge in [0.15, 0.2) is 5.82 Å². The summed E-state index contributed by atoms with van der Waals surface area (Å²) in [6.45, 7) is 0.280. The first kappa shape index (κ1) is 14.1. The SMILES string of the molecule is OC(CNc1cc(Cl)c(F)c(Cl)c1)c1ccccc1. The lowest BCUT2D eigenvalue weighted by Crippen LogP contribution is -2.12. The number of aliphatic hydroxyl groups excluding tert-OH is 1. The Hall–Kier alpha value is -1.29. The molecule has 0 saturated carbocycles. The van der Waals surface area contributed by atoms with Gasteiger partial charge in [0.05, 0.1) is 16.1 Å². The van der Waals surface area contributed by atoms with Gasteiger partial charge in [0, 0.05) is 12.2 Å². The minimum Gasteiger partial charge on any atom is -0.387 e. The van der Waals surface area contributed by atoms with E-state index < -0.39 is 11.9 Å². The molecule has 0 amide bonds. The Morgan fingerprint density at radius 1 is 1.11 bits per heavy atom. The van der Waals surface area contributed by atoms with Crippen LogP contribution >= 0.6 is 23.2 Å². The summed E-state index contributed by atoms with van der Waals surface area (Å²) in [5.41, 5.74) is 1.36. The Morgan fingerprint density at radius 3 is 2.26 bits per heavy atom. The van der Waals surface area contributed by atoms with Crippen molar-refractivity contribution in [2.24, 2.45) is 0 Å². The molecule has 0 aliphatic rings. The Balaban J connectivity index is 2.03. The number of hydrogen-bond acceptors (Lipinski definition) is 2. The van der Waals surface area contributed by atoms with Crippen LogP contribution in [0.25, 0.3) is 0 Å². The molecule has 0 aliphatic heterocycles. The molecule has 2 nitrogen and oxygen atoms in total. The van der Waals surface area contributed by atoms with Gasteiger partial charge in [-0.05, 0) is 17.7 Å². The van der Waals surface area contributed by atoms with E-state index in [1.807, 2.05) is 30.3 Å². The third-order valence-corrected chi connectivity index (χ3v) is 3.22. The van der Waals surface area contributed by atoms with Gasteiger partial charge in [0.25, 0.3) is 0 Å². The quantitative estimate of drug-likeness (QED) is 0.826. The molecule has 0 heterocycles. The molecule has 0 radical (unpaired) electrons. The highest BCUT2D eigenvalue weighted by molar-refractivity contribution is 6.35. The van der Waals surface area contributed by atoms with E-state index in [2.05, 4.69) is 5.32 Å². The number of anilines is 1. The number of benzene rings is 2. The minimum atomic E-state index is -0.663. The van der Waals surface area contributed by atoms with Crippen LogP contribution in [0.2, 0.25) is 10.0 Å². The van der Waals surface area contributed by atoms with Crippen molar-refractivity contribution in [2.75, 3.05) is 11.9 Å². The van der Waals surface area contributed by atoms with Gasteiger partial charge in [-0.1, -0.05) is 53.5 Å². The molecule has 100 valence electrons. The summed E-state index contributed by atoms with van der Waals surface area (Å²) < 4.78 is 13.2. The Morgan fingerprint density at radius 2 is 1.68 bits per heavy atom. The van der Waals surface area contributed by atoms with Crippen molar-refractivity contribution >= 4 is 28.9 Å².